The summed E-state index contributed by atoms with van der Waals surface area (Å²) < 4.78 is 5.58. The molecule has 1 atom stereocenters. The Kier molecular flexibility index (Phi) is 5.13. The van der Waals surface area contributed by atoms with Crippen LogP contribution < -0.4 is 5.32 Å². The van der Waals surface area contributed by atoms with Gasteiger partial charge in [0.2, 0.25) is 0 Å². The minimum absolute atomic E-state index is 0.00535. The summed E-state index contributed by atoms with van der Waals surface area (Å²) in [4.78, 5) is 10.1. The molecule has 0 amide bonds. The van der Waals surface area contributed by atoms with Gasteiger partial charge in [0, 0.05) is 18.7 Å². The third kappa shape index (κ3) is 4.16. The van der Waals surface area contributed by atoms with Gasteiger partial charge < -0.3 is 10.1 Å². The van der Waals surface area contributed by atoms with E-state index in [9.17, 15) is 10.1 Å². The van der Waals surface area contributed by atoms with Crippen molar-refractivity contribution in [2.24, 2.45) is 5.92 Å². The third-order valence-corrected chi connectivity index (χ3v) is 3.69. The van der Waals surface area contributed by atoms with Crippen LogP contribution in [0.15, 0.2) is 18.2 Å². The molecule has 1 N–H and O–H groups in total. The van der Waals surface area contributed by atoms with Gasteiger partial charge >= 0.3 is 0 Å². The lowest BCUT2D eigenvalue weighted by Crippen LogP contribution is -2.10. The second-order valence-electron chi connectivity index (χ2n) is 4.73. The molecule has 1 unspecified atom stereocenters. The van der Waals surface area contributed by atoms with Crippen LogP contribution >= 0.6 is 11.6 Å². The van der Waals surface area contributed by atoms with Crippen molar-refractivity contribution in [3.63, 3.8) is 0 Å². The number of halogens is 1. The van der Waals surface area contributed by atoms with E-state index in [0.717, 1.165) is 25.1 Å². The van der Waals surface area contributed by atoms with Gasteiger partial charge in [-0.1, -0.05) is 11.6 Å². The molecule has 104 valence electrons. The summed E-state index contributed by atoms with van der Waals surface area (Å²) in [6.45, 7) is 3.26. The Morgan fingerprint density at radius 2 is 2.37 bits per heavy atom. The first-order valence-corrected chi connectivity index (χ1v) is 6.76. The lowest BCUT2D eigenvalue weighted by Gasteiger charge is -2.09. The standard InChI is InChI=1S/C13H17ClN2O3/c14-13-7-12(16(17)18)2-1-11(13)9-19-6-4-10-3-5-15-8-10/h1-2,7,10,15H,3-6,8-9H2. The van der Waals surface area contributed by atoms with Gasteiger partial charge in [0.15, 0.2) is 0 Å². The minimum Gasteiger partial charge on any atom is -0.377 e. The van der Waals surface area contributed by atoms with Crippen LogP contribution in [0.5, 0.6) is 0 Å². The van der Waals surface area contributed by atoms with E-state index in [1.807, 2.05) is 0 Å². The van der Waals surface area contributed by atoms with Gasteiger partial charge in [-0.3, -0.25) is 10.1 Å². The molecular formula is C13H17ClN2O3. The maximum absolute atomic E-state index is 10.6. The lowest BCUT2D eigenvalue weighted by atomic mass is 10.1. The molecule has 6 heteroatoms. The molecular weight excluding hydrogens is 268 g/mol. The van der Waals surface area contributed by atoms with Gasteiger partial charge in [0.1, 0.15) is 0 Å². The number of nitrogens with zero attached hydrogens (tertiary/aromatic N) is 1. The van der Waals surface area contributed by atoms with E-state index in [1.54, 1.807) is 6.07 Å². The normalized spacial score (nSPS) is 18.7. The molecule has 2 rings (SSSR count). The number of nitrogens with one attached hydrogen (secondary N) is 1. The van der Waals surface area contributed by atoms with E-state index in [4.69, 9.17) is 16.3 Å². The molecule has 1 aromatic rings. The molecule has 19 heavy (non-hydrogen) atoms. The predicted molar refractivity (Wildman–Crippen MR) is 73.4 cm³/mol. The highest BCUT2D eigenvalue weighted by Crippen LogP contribution is 2.23. The first-order valence-electron chi connectivity index (χ1n) is 6.38. The zero-order valence-electron chi connectivity index (χ0n) is 10.6. The molecule has 5 nitrogen and oxygen atoms in total. The van der Waals surface area contributed by atoms with Gasteiger partial charge in [-0.25, -0.2) is 0 Å². The SMILES string of the molecule is O=[N+]([O-])c1ccc(COCCC2CCNC2)c(Cl)c1. The molecule has 1 fully saturated rings. The molecule has 1 aliphatic rings. The Balaban J connectivity index is 1.77. The van der Waals surface area contributed by atoms with Crippen LogP contribution in [-0.4, -0.2) is 24.6 Å². The van der Waals surface area contributed by atoms with E-state index in [2.05, 4.69) is 5.32 Å². The third-order valence-electron chi connectivity index (χ3n) is 3.34. The largest absolute Gasteiger partial charge is 0.377 e. The smallest absolute Gasteiger partial charge is 0.270 e. The highest BCUT2D eigenvalue weighted by Gasteiger charge is 2.14. The van der Waals surface area contributed by atoms with Gasteiger partial charge in [0.25, 0.3) is 5.69 Å². The average molecular weight is 285 g/mol. The molecule has 0 saturated carbocycles. The monoisotopic (exact) mass is 284 g/mol. The highest BCUT2D eigenvalue weighted by atomic mass is 35.5. The Morgan fingerprint density at radius 3 is 3.00 bits per heavy atom. The molecule has 0 aromatic heterocycles. The molecule has 0 spiro atoms. The van der Waals surface area contributed by atoms with Crippen LogP contribution in [0.2, 0.25) is 5.02 Å². The van der Waals surface area contributed by atoms with E-state index < -0.39 is 4.92 Å². The van der Waals surface area contributed by atoms with E-state index in [1.165, 1.54) is 18.6 Å². The minimum atomic E-state index is -0.455. The van der Waals surface area contributed by atoms with Crippen LogP contribution in [0.4, 0.5) is 5.69 Å². The van der Waals surface area contributed by atoms with Crippen molar-refractivity contribution in [3.05, 3.63) is 38.9 Å². The van der Waals surface area contributed by atoms with Crippen LogP contribution in [0.25, 0.3) is 0 Å². The fourth-order valence-corrected chi connectivity index (χ4v) is 2.39. The van der Waals surface area contributed by atoms with Crippen molar-refractivity contribution in [2.45, 2.75) is 19.4 Å². The molecule has 1 aromatic carbocycles. The fourth-order valence-electron chi connectivity index (χ4n) is 2.16. The van der Waals surface area contributed by atoms with Crippen LogP contribution in [0.3, 0.4) is 0 Å². The van der Waals surface area contributed by atoms with Gasteiger partial charge in [-0.05, 0) is 43.5 Å². The number of non-ortho nitro benzene ring substituents is 1. The number of nitro groups is 1. The molecule has 0 radical (unpaired) electrons. The van der Waals surface area contributed by atoms with Crippen molar-refractivity contribution in [3.8, 4) is 0 Å². The maximum Gasteiger partial charge on any atom is 0.270 e. The quantitative estimate of drug-likeness (QED) is 0.496. The summed E-state index contributed by atoms with van der Waals surface area (Å²) in [5, 5.41) is 14.3. The summed E-state index contributed by atoms with van der Waals surface area (Å²) in [5.41, 5.74) is 0.794. The van der Waals surface area contributed by atoms with Crippen LogP contribution in [0.1, 0.15) is 18.4 Å². The number of hydrogen-bond donors (Lipinski definition) is 1. The molecule has 0 aliphatic carbocycles. The Morgan fingerprint density at radius 1 is 1.53 bits per heavy atom. The average Bonchev–Trinajstić information content (AvgIpc) is 2.89. The Bertz CT molecular complexity index is 448. The van der Waals surface area contributed by atoms with Crippen LogP contribution in [0, 0.1) is 16.0 Å². The maximum atomic E-state index is 10.6. The second kappa shape index (κ2) is 6.84. The van der Waals surface area contributed by atoms with E-state index in [-0.39, 0.29) is 5.69 Å². The van der Waals surface area contributed by atoms with Crippen molar-refractivity contribution in [2.75, 3.05) is 19.7 Å². The lowest BCUT2D eigenvalue weighted by molar-refractivity contribution is -0.384. The molecule has 1 heterocycles. The van der Waals surface area contributed by atoms with Crippen molar-refractivity contribution < 1.29 is 9.66 Å². The Hall–Kier alpha value is -1.17. The topological polar surface area (TPSA) is 64.4 Å². The van der Waals surface area contributed by atoms with Crippen molar-refractivity contribution in [1.29, 1.82) is 0 Å². The molecule has 1 aliphatic heterocycles. The number of benzene rings is 1. The summed E-state index contributed by atoms with van der Waals surface area (Å²) >= 11 is 5.99. The summed E-state index contributed by atoms with van der Waals surface area (Å²) in [6.07, 6.45) is 2.25. The first kappa shape index (κ1) is 14.2. The second-order valence-corrected chi connectivity index (χ2v) is 5.14. The summed E-state index contributed by atoms with van der Waals surface area (Å²) in [5.74, 6) is 0.701. The van der Waals surface area contributed by atoms with E-state index in [0.29, 0.717) is 24.2 Å². The number of hydrogen-bond acceptors (Lipinski definition) is 4. The van der Waals surface area contributed by atoms with Gasteiger partial charge in [0.05, 0.1) is 16.6 Å². The van der Waals surface area contributed by atoms with Gasteiger partial charge in [-0.15, -0.1) is 0 Å². The fraction of sp³-hybridized carbons (Fsp3) is 0.538. The number of ether oxygens (including phenoxy) is 1. The first-order chi connectivity index (χ1) is 9.16. The zero-order valence-corrected chi connectivity index (χ0v) is 11.4. The summed E-state index contributed by atoms with van der Waals surface area (Å²) in [7, 11) is 0. The number of nitro benzene ring substituents is 1. The zero-order chi connectivity index (χ0) is 13.7. The molecule has 1 saturated heterocycles. The van der Waals surface area contributed by atoms with Gasteiger partial charge in [-0.2, -0.15) is 0 Å². The van der Waals surface area contributed by atoms with Crippen molar-refractivity contribution >= 4 is 17.3 Å². The predicted octanol–water partition coefficient (Wildman–Crippen LogP) is 2.76. The van der Waals surface area contributed by atoms with Crippen LogP contribution in [-0.2, 0) is 11.3 Å². The highest BCUT2D eigenvalue weighted by molar-refractivity contribution is 6.31. The number of rotatable bonds is 6. The molecule has 0 bridgehead atoms. The Labute approximate surface area is 117 Å². The summed E-state index contributed by atoms with van der Waals surface area (Å²) in [6, 6.07) is 4.46. The van der Waals surface area contributed by atoms with E-state index >= 15 is 0 Å². The van der Waals surface area contributed by atoms with Crippen molar-refractivity contribution in [1.82, 2.24) is 5.32 Å².